The zero-order valence-corrected chi connectivity index (χ0v) is 11.8. The largest absolute Gasteiger partial charge is 0.497 e. The summed E-state index contributed by atoms with van der Waals surface area (Å²) in [5.74, 6) is 2.48. The molecule has 0 bridgehead atoms. The van der Waals surface area contributed by atoms with E-state index < -0.39 is 0 Å². The van der Waals surface area contributed by atoms with E-state index in [9.17, 15) is 4.79 Å². The highest BCUT2D eigenvalue weighted by molar-refractivity contribution is 5.75. The molecule has 3 nitrogen and oxygen atoms in total. The minimum absolute atomic E-state index is 0.182. The van der Waals surface area contributed by atoms with Gasteiger partial charge in [0.25, 0.3) is 0 Å². The lowest BCUT2D eigenvalue weighted by atomic mass is 10.1. The first-order chi connectivity index (χ1) is 9.24. The molecule has 1 amide bonds. The standard InChI is InChI=1S/C16H23NO2/c1-3-5-16(18)17-9-8-13-11-15(13)12-6-4-7-14(10-12)19-2/h4,6-7,10,13,15H,3,5,8-9,11H2,1-2H3,(H,17,18)/t13-,15+/m1/s1. The Bertz CT molecular complexity index is 431. The Hall–Kier alpha value is -1.51. The maximum absolute atomic E-state index is 11.4. The molecule has 1 saturated carbocycles. The molecule has 0 radical (unpaired) electrons. The van der Waals surface area contributed by atoms with Crippen LogP contribution in [-0.4, -0.2) is 19.6 Å². The predicted molar refractivity (Wildman–Crippen MR) is 76.4 cm³/mol. The molecule has 19 heavy (non-hydrogen) atoms. The summed E-state index contributed by atoms with van der Waals surface area (Å²) in [6.45, 7) is 2.84. The van der Waals surface area contributed by atoms with Crippen molar-refractivity contribution < 1.29 is 9.53 Å². The third-order valence-electron chi connectivity index (χ3n) is 3.76. The van der Waals surface area contributed by atoms with Crippen molar-refractivity contribution in [1.82, 2.24) is 5.32 Å². The van der Waals surface area contributed by atoms with E-state index in [1.165, 1.54) is 12.0 Å². The van der Waals surface area contributed by atoms with Crippen molar-refractivity contribution in [2.45, 2.75) is 38.5 Å². The maximum atomic E-state index is 11.4. The SMILES string of the molecule is CCCC(=O)NCC[C@@H]1C[C@H]1c1cccc(OC)c1. The molecule has 1 fully saturated rings. The van der Waals surface area contributed by atoms with Crippen LogP contribution in [0.3, 0.4) is 0 Å². The zero-order valence-electron chi connectivity index (χ0n) is 11.8. The van der Waals surface area contributed by atoms with Crippen LogP contribution in [0.5, 0.6) is 5.75 Å². The van der Waals surface area contributed by atoms with Gasteiger partial charge in [-0.05, 0) is 48.8 Å². The lowest BCUT2D eigenvalue weighted by Gasteiger charge is -2.05. The molecule has 0 saturated heterocycles. The van der Waals surface area contributed by atoms with Crippen LogP contribution in [0.15, 0.2) is 24.3 Å². The summed E-state index contributed by atoms with van der Waals surface area (Å²) in [4.78, 5) is 11.4. The van der Waals surface area contributed by atoms with Gasteiger partial charge in [-0.2, -0.15) is 0 Å². The highest BCUT2D eigenvalue weighted by Crippen LogP contribution is 2.49. The Morgan fingerprint density at radius 2 is 2.32 bits per heavy atom. The summed E-state index contributed by atoms with van der Waals surface area (Å²) in [5, 5.41) is 2.99. The van der Waals surface area contributed by atoms with Crippen molar-refractivity contribution in [2.24, 2.45) is 5.92 Å². The van der Waals surface area contributed by atoms with E-state index in [2.05, 4.69) is 17.4 Å². The number of carbonyl (C=O) groups is 1. The van der Waals surface area contributed by atoms with Crippen LogP contribution in [-0.2, 0) is 4.79 Å². The average Bonchev–Trinajstić information content (AvgIpc) is 3.19. The number of methoxy groups -OCH3 is 1. The van der Waals surface area contributed by atoms with Gasteiger partial charge in [-0.25, -0.2) is 0 Å². The molecule has 0 spiro atoms. The highest BCUT2D eigenvalue weighted by Gasteiger charge is 2.37. The second kappa shape index (κ2) is 6.60. The third kappa shape index (κ3) is 3.98. The first-order valence-corrected chi connectivity index (χ1v) is 7.15. The predicted octanol–water partition coefficient (Wildman–Crippen LogP) is 3.11. The number of ether oxygens (including phenoxy) is 1. The topological polar surface area (TPSA) is 38.3 Å². The molecule has 1 aromatic rings. The van der Waals surface area contributed by atoms with Gasteiger partial charge in [0, 0.05) is 13.0 Å². The van der Waals surface area contributed by atoms with Gasteiger partial charge in [0.2, 0.25) is 5.91 Å². The smallest absolute Gasteiger partial charge is 0.219 e. The molecule has 2 rings (SSSR count). The monoisotopic (exact) mass is 261 g/mol. The molecular formula is C16H23NO2. The normalized spacial score (nSPS) is 20.9. The summed E-state index contributed by atoms with van der Waals surface area (Å²) in [6, 6.07) is 8.32. The number of benzene rings is 1. The summed E-state index contributed by atoms with van der Waals surface area (Å²) in [7, 11) is 1.70. The van der Waals surface area contributed by atoms with Crippen molar-refractivity contribution in [3.05, 3.63) is 29.8 Å². The van der Waals surface area contributed by atoms with E-state index in [1.54, 1.807) is 7.11 Å². The fourth-order valence-corrected chi connectivity index (χ4v) is 2.56. The second-order valence-electron chi connectivity index (χ2n) is 5.27. The Morgan fingerprint density at radius 3 is 3.05 bits per heavy atom. The quantitative estimate of drug-likeness (QED) is 0.819. The first-order valence-electron chi connectivity index (χ1n) is 7.15. The molecule has 1 N–H and O–H groups in total. The number of rotatable bonds is 7. The van der Waals surface area contributed by atoms with Crippen LogP contribution in [0.4, 0.5) is 0 Å². The Balaban J connectivity index is 1.73. The highest BCUT2D eigenvalue weighted by atomic mass is 16.5. The van der Waals surface area contributed by atoms with Crippen LogP contribution < -0.4 is 10.1 Å². The molecule has 104 valence electrons. The van der Waals surface area contributed by atoms with Crippen LogP contribution in [0.1, 0.15) is 44.1 Å². The molecule has 1 aliphatic carbocycles. The molecule has 0 unspecified atom stereocenters. The minimum atomic E-state index is 0.182. The Labute approximate surface area is 115 Å². The van der Waals surface area contributed by atoms with E-state index in [1.807, 2.05) is 19.1 Å². The van der Waals surface area contributed by atoms with E-state index in [0.717, 1.165) is 25.1 Å². The van der Waals surface area contributed by atoms with Gasteiger partial charge in [-0.1, -0.05) is 19.1 Å². The van der Waals surface area contributed by atoms with Crippen molar-refractivity contribution in [3.63, 3.8) is 0 Å². The molecule has 0 heterocycles. The number of carbonyl (C=O) groups excluding carboxylic acids is 1. The van der Waals surface area contributed by atoms with E-state index in [4.69, 9.17) is 4.74 Å². The maximum Gasteiger partial charge on any atom is 0.219 e. The second-order valence-corrected chi connectivity index (χ2v) is 5.27. The minimum Gasteiger partial charge on any atom is -0.497 e. The summed E-state index contributed by atoms with van der Waals surface area (Å²) < 4.78 is 5.25. The van der Waals surface area contributed by atoms with Crippen LogP contribution in [0.2, 0.25) is 0 Å². The summed E-state index contributed by atoms with van der Waals surface area (Å²) in [6.07, 6.45) is 3.87. The van der Waals surface area contributed by atoms with Crippen molar-refractivity contribution in [2.75, 3.05) is 13.7 Å². The number of hydrogen-bond acceptors (Lipinski definition) is 2. The van der Waals surface area contributed by atoms with Crippen molar-refractivity contribution >= 4 is 5.91 Å². The summed E-state index contributed by atoms with van der Waals surface area (Å²) >= 11 is 0. The Kier molecular flexibility index (Phi) is 4.83. The lowest BCUT2D eigenvalue weighted by Crippen LogP contribution is -2.24. The Morgan fingerprint density at radius 1 is 1.47 bits per heavy atom. The van der Waals surface area contributed by atoms with Crippen molar-refractivity contribution in [1.29, 1.82) is 0 Å². The van der Waals surface area contributed by atoms with Gasteiger partial charge in [0.05, 0.1) is 7.11 Å². The zero-order chi connectivity index (χ0) is 13.7. The fraction of sp³-hybridized carbons (Fsp3) is 0.562. The molecular weight excluding hydrogens is 238 g/mol. The molecule has 0 aromatic heterocycles. The first kappa shape index (κ1) is 13.9. The van der Waals surface area contributed by atoms with Gasteiger partial charge in [0.1, 0.15) is 5.75 Å². The third-order valence-corrected chi connectivity index (χ3v) is 3.76. The van der Waals surface area contributed by atoms with Gasteiger partial charge < -0.3 is 10.1 Å². The number of nitrogens with one attached hydrogen (secondary N) is 1. The summed E-state index contributed by atoms with van der Waals surface area (Å²) in [5.41, 5.74) is 1.37. The van der Waals surface area contributed by atoms with Gasteiger partial charge in [0.15, 0.2) is 0 Å². The van der Waals surface area contributed by atoms with E-state index in [0.29, 0.717) is 18.3 Å². The van der Waals surface area contributed by atoms with Crippen LogP contribution >= 0.6 is 0 Å². The molecule has 1 aliphatic rings. The van der Waals surface area contributed by atoms with Gasteiger partial charge >= 0.3 is 0 Å². The fourth-order valence-electron chi connectivity index (χ4n) is 2.56. The molecule has 1 aromatic carbocycles. The molecule has 2 atom stereocenters. The van der Waals surface area contributed by atoms with Crippen LogP contribution in [0, 0.1) is 5.92 Å². The number of hydrogen-bond donors (Lipinski definition) is 1. The average molecular weight is 261 g/mol. The van der Waals surface area contributed by atoms with E-state index in [-0.39, 0.29) is 5.91 Å². The van der Waals surface area contributed by atoms with Gasteiger partial charge in [-0.15, -0.1) is 0 Å². The van der Waals surface area contributed by atoms with Gasteiger partial charge in [-0.3, -0.25) is 4.79 Å². The van der Waals surface area contributed by atoms with Crippen LogP contribution in [0.25, 0.3) is 0 Å². The molecule has 0 aliphatic heterocycles. The number of amides is 1. The van der Waals surface area contributed by atoms with Crippen molar-refractivity contribution in [3.8, 4) is 5.75 Å². The molecule has 3 heteroatoms. The lowest BCUT2D eigenvalue weighted by molar-refractivity contribution is -0.121. The van der Waals surface area contributed by atoms with E-state index >= 15 is 0 Å².